The van der Waals surface area contributed by atoms with Gasteiger partial charge in [-0.2, -0.15) is 0 Å². The Bertz CT molecular complexity index is 557. The molecule has 2 N–H and O–H groups in total. The van der Waals surface area contributed by atoms with E-state index >= 15 is 0 Å². The molecule has 0 amide bonds. The van der Waals surface area contributed by atoms with Crippen molar-refractivity contribution in [3.63, 3.8) is 0 Å². The van der Waals surface area contributed by atoms with Gasteiger partial charge in [-0.05, 0) is 24.6 Å². The van der Waals surface area contributed by atoms with Crippen LogP contribution in [0.2, 0.25) is 0 Å². The van der Waals surface area contributed by atoms with Crippen LogP contribution in [0.15, 0.2) is 36.7 Å². The number of aromatic nitrogens is 1. The number of halogens is 1. The maximum absolute atomic E-state index is 13.7. The minimum atomic E-state index is -0.566. The SMILES string of the molecule is COc1cc(C)ccc1C(N)c1ccncc1F. The number of nitrogens with zero attached hydrogens (tertiary/aromatic N) is 1. The summed E-state index contributed by atoms with van der Waals surface area (Å²) in [6.45, 7) is 1.96. The van der Waals surface area contributed by atoms with Crippen molar-refractivity contribution in [2.24, 2.45) is 5.73 Å². The second-order valence-corrected chi connectivity index (χ2v) is 4.12. The zero-order valence-electron chi connectivity index (χ0n) is 10.4. The van der Waals surface area contributed by atoms with E-state index in [4.69, 9.17) is 10.5 Å². The topological polar surface area (TPSA) is 48.1 Å². The van der Waals surface area contributed by atoms with Gasteiger partial charge < -0.3 is 10.5 Å². The summed E-state index contributed by atoms with van der Waals surface area (Å²) >= 11 is 0. The molecule has 0 aliphatic rings. The summed E-state index contributed by atoms with van der Waals surface area (Å²) in [6, 6.07) is 6.69. The molecule has 0 saturated heterocycles. The third-order valence-corrected chi connectivity index (χ3v) is 2.86. The quantitative estimate of drug-likeness (QED) is 0.905. The van der Waals surface area contributed by atoms with Crippen molar-refractivity contribution in [1.82, 2.24) is 4.98 Å². The van der Waals surface area contributed by atoms with Crippen LogP contribution >= 0.6 is 0 Å². The van der Waals surface area contributed by atoms with Crippen molar-refractivity contribution >= 4 is 0 Å². The number of pyridine rings is 1. The van der Waals surface area contributed by atoms with Crippen molar-refractivity contribution in [1.29, 1.82) is 0 Å². The van der Waals surface area contributed by atoms with E-state index in [9.17, 15) is 4.39 Å². The van der Waals surface area contributed by atoms with Crippen LogP contribution in [0.3, 0.4) is 0 Å². The highest BCUT2D eigenvalue weighted by molar-refractivity contribution is 5.43. The standard InChI is InChI=1S/C14H15FN2O/c1-9-3-4-11(13(7-9)18-2)14(16)10-5-6-17-8-12(10)15/h3-8,14H,16H2,1-2H3. The normalized spacial score (nSPS) is 12.2. The molecule has 0 aliphatic heterocycles. The molecular formula is C14H15FN2O. The zero-order valence-corrected chi connectivity index (χ0v) is 10.4. The minimum absolute atomic E-state index is 0.409. The Balaban J connectivity index is 2.46. The van der Waals surface area contributed by atoms with Gasteiger partial charge >= 0.3 is 0 Å². The fourth-order valence-corrected chi connectivity index (χ4v) is 1.88. The number of hydrogen-bond donors (Lipinski definition) is 1. The molecule has 1 aromatic carbocycles. The van der Waals surface area contributed by atoms with Crippen molar-refractivity contribution in [2.45, 2.75) is 13.0 Å². The van der Waals surface area contributed by atoms with Crippen LogP contribution in [0.4, 0.5) is 4.39 Å². The second-order valence-electron chi connectivity index (χ2n) is 4.12. The average Bonchev–Trinajstić information content (AvgIpc) is 2.38. The lowest BCUT2D eigenvalue weighted by molar-refractivity contribution is 0.407. The molecule has 0 saturated carbocycles. The molecule has 94 valence electrons. The first kappa shape index (κ1) is 12.5. The van der Waals surface area contributed by atoms with E-state index < -0.39 is 11.9 Å². The molecule has 1 unspecified atom stereocenters. The molecule has 2 rings (SSSR count). The zero-order chi connectivity index (χ0) is 13.1. The van der Waals surface area contributed by atoms with E-state index in [0.29, 0.717) is 11.3 Å². The monoisotopic (exact) mass is 246 g/mol. The Morgan fingerprint density at radius 2 is 2.06 bits per heavy atom. The van der Waals surface area contributed by atoms with Crippen LogP contribution in [-0.2, 0) is 0 Å². The first-order valence-corrected chi connectivity index (χ1v) is 5.63. The highest BCUT2D eigenvalue weighted by Gasteiger charge is 2.17. The van der Waals surface area contributed by atoms with Crippen LogP contribution in [0, 0.1) is 12.7 Å². The molecular weight excluding hydrogens is 231 g/mol. The van der Waals surface area contributed by atoms with E-state index in [-0.39, 0.29) is 0 Å². The molecule has 0 fully saturated rings. The van der Waals surface area contributed by atoms with E-state index in [1.807, 2.05) is 25.1 Å². The van der Waals surface area contributed by atoms with Crippen molar-refractivity contribution in [3.05, 3.63) is 59.2 Å². The van der Waals surface area contributed by atoms with Crippen LogP contribution < -0.4 is 10.5 Å². The molecule has 18 heavy (non-hydrogen) atoms. The predicted octanol–water partition coefficient (Wildman–Crippen LogP) is 2.59. The molecule has 0 aliphatic carbocycles. The molecule has 0 bridgehead atoms. The van der Waals surface area contributed by atoms with Gasteiger partial charge in [-0.3, -0.25) is 4.98 Å². The number of methoxy groups -OCH3 is 1. The van der Waals surface area contributed by atoms with Crippen molar-refractivity contribution in [2.75, 3.05) is 7.11 Å². The lowest BCUT2D eigenvalue weighted by Gasteiger charge is -2.17. The number of rotatable bonds is 3. The van der Waals surface area contributed by atoms with Gasteiger partial charge in [0.05, 0.1) is 19.3 Å². The highest BCUT2D eigenvalue weighted by Crippen LogP contribution is 2.29. The summed E-state index contributed by atoms with van der Waals surface area (Å²) in [7, 11) is 1.58. The molecule has 4 heteroatoms. The van der Waals surface area contributed by atoms with E-state index in [0.717, 1.165) is 17.3 Å². The molecule has 1 heterocycles. The third-order valence-electron chi connectivity index (χ3n) is 2.86. The van der Waals surface area contributed by atoms with Gasteiger partial charge in [0.1, 0.15) is 11.6 Å². The molecule has 1 aromatic heterocycles. The molecule has 0 spiro atoms. The predicted molar refractivity (Wildman–Crippen MR) is 68.0 cm³/mol. The Morgan fingerprint density at radius 3 is 2.72 bits per heavy atom. The summed E-state index contributed by atoms with van der Waals surface area (Å²) in [5, 5.41) is 0. The number of nitrogens with two attached hydrogens (primary N) is 1. The maximum Gasteiger partial charge on any atom is 0.146 e. The van der Waals surface area contributed by atoms with Crippen LogP contribution in [0.25, 0.3) is 0 Å². The number of benzene rings is 1. The molecule has 3 nitrogen and oxygen atoms in total. The van der Waals surface area contributed by atoms with Gasteiger partial charge in [-0.15, -0.1) is 0 Å². The Labute approximate surface area is 105 Å². The van der Waals surface area contributed by atoms with Crippen LogP contribution in [0.1, 0.15) is 22.7 Å². The summed E-state index contributed by atoms with van der Waals surface area (Å²) in [4.78, 5) is 3.72. The Hall–Kier alpha value is -1.94. The van der Waals surface area contributed by atoms with Gasteiger partial charge in [-0.25, -0.2) is 4.39 Å². The first-order chi connectivity index (χ1) is 8.63. The lowest BCUT2D eigenvalue weighted by Crippen LogP contribution is -2.15. The minimum Gasteiger partial charge on any atom is -0.496 e. The van der Waals surface area contributed by atoms with Gasteiger partial charge in [0.2, 0.25) is 0 Å². The summed E-state index contributed by atoms with van der Waals surface area (Å²) in [6.07, 6.45) is 2.69. The largest absolute Gasteiger partial charge is 0.496 e. The molecule has 2 aromatic rings. The fourth-order valence-electron chi connectivity index (χ4n) is 1.88. The number of aryl methyl sites for hydroxylation is 1. The summed E-state index contributed by atoms with van der Waals surface area (Å²) < 4.78 is 18.9. The molecule has 1 atom stereocenters. The smallest absolute Gasteiger partial charge is 0.146 e. The maximum atomic E-state index is 13.7. The van der Waals surface area contributed by atoms with E-state index in [2.05, 4.69) is 4.98 Å². The average molecular weight is 246 g/mol. The van der Waals surface area contributed by atoms with E-state index in [1.54, 1.807) is 13.2 Å². The van der Waals surface area contributed by atoms with Gasteiger partial charge in [0, 0.05) is 17.3 Å². The summed E-state index contributed by atoms with van der Waals surface area (Å²) in [5.74, 6) is 0.256. The Morgan fingerprint density at radius 1 is 1.28 bits per heavy atom. The van der Waals surface area contributed by atoms with Gasteiger partial charge in [-0.1, -0.05) is 12.1 Å². The van der Waals surface area contributed by atoms with Gasteiger partial charge in [0.25, 0.3) is 0 Å². The lowest BCUT2D eigenvalue weighted by atomic mass is 9.98. The van der Waals surface area contributed by atoms with Gasteiger partial charge in [0.15, 0.2) is 0 Å². The van der Waals surface area contributed by atoms with Crippen LogP contribution in [-0.4, -0.2) is 12.1 Å². The number of ether oxygens (including phenoxy) is 1. The van der Waals surface area contributed by atoms with Crippen LogP contribution in [0.5, 0.6) is 5.75 Å². The molecule has 0 radical (unpaired) electrons. The Kier molecular flexibility index (Phi) is 3.58. The highest BCUT2D eigenvalue weighted by atomic mass is 19.1. The van der Waals surface area contributed by atoms with Crippen molar-refractivity contribution < 1.29 is 9.13 Å². The fraction of sp³-hybridized carbons (Fsp3) is 0.214. The second kappa shape index (κ2) is 5.14. The third kappa shape index (κ3) is 2.33. The van der Waals surface area contributed by atoms with E-state index in [1.165, 1.54) is 6.20 Å². The first-order valence-electron chi connectivity index (χ1n) is 5.63. The summed E-state index contributed by atoms with van der Waals surface area (Å²) in [5.41, 5.74) is 8.33. The number of hydrogen-bond acceptors (Lipinski definition) is 3. The van der Waals surface area contributed by atoms with Crippen molar-refractivity contribution in [3.8, 4) is 5.75 Å².